The van der Waals surface area contributed by atoms with Gasteiger partial charge in [-0.05, 0) is 39.7 Å². The maximum absolute atomic E-state index is 11.7. The van der Waals surface area contributed by atoms with Crippen LogP contribution in [0.5, 0.6) is 0 Å². The molecule has 138 valence electrons. The highest BCUT2D eigenvalue weighted by Crippen LogP contribution is 2.21. The lowest BCUT2D eigenvalue weighted by molar-refractivity contribution is 0.0963. The van der Waals surface area contributed by atoms with E-state index in [-0.39, 0.29) is 12.1 Å². The SMILES string of the molecule is CCOC(=O)N1CCC(NC(N)=NCCN(C)C2CCCC2)CC1. The molecule has 1 saturated carbocycles. The summed E-state index contributed by atoms with van der Waals surface area (Å²) >= 11 is 0. The van der Waals surface area contributed by atoms with Crippen molar-refractivity contribution in [3.05, 3.63) is 0 Å². The molecular formula is C17H33N5O2. The van der Waals surface area contributed by atoms with Gasteiger partial charge in [0.05, 0.1) is 13.2 Å². The van der Waals surface area contributed by atoms with Crippen molar-refractivity contribution in [1.29, 1.82) is 0 Å². The first-order valence-electron chi connectivity index (χ1n) is 9.28. The van der Waals surface area contributed by atoms with Crippen molar-refractivity contribution in [2.24, 2.45) is 10.7 Å². The van der Waals surface area contributed by atoms with E-state index in [1.165, 1.54) is 25.7 Å². The number of piperidine rings is 1. The molecule has 0 bridgehead atoms. The third kappa shape index (κ3) is 5.85. The number of likely N-dealkylation sites (tertiary alicyclic amines) is 1. The lowest BCUT2D eigenvalue weighted by Gasteiger charge is -2.31. The summed E-state index contributed by atoms with van der Waals surface area (Å²) in [7, 11) is 2.18. The van der Waals surface area contributed by atoms with Crippen LogP contribution >= 0.6 is 0 Å². The summed E-state index contributed by atoms with van der Waals surface area (Å²) in [5, 5.41) is 3.28. The Hall–Kier alpha value is -1.50. The molecule has 1 saturated heterocycles. The second-order valence-electron chi connectivity index (χ2n) is 6.79. The van der Waals surface area contributed by atoms with E-state index in [0.29, 0.717) is 25.7 Å². The number of nitrogens with one attached hydrogen (secondary N) is 1. The van der Waals surface area contributed by atoms with E-state index in [9.17, 15) is 4.79 Å². The Bertz CT molecular complexity index is 415. The van der Waals surface area contributed by atoms with Crippen LogP contribution in [0.1, 0.15) is 45.4 Å². The van der Waals surface area contributed by atoms with E-state index in [2.05, 4.69) is 22.3 Å². The number of nitrogens with two attached hydrogens (primary N) is 1. The standard InChI is InChI=1S/C17H33N5O2/c1-3-24-17(23)22-11-8-14(9-12-22)20-16(18)19-10-13-21(2)15-6-4-5-7-15/h14-15H,3-13H2,1-2H3,(H3,18,19,20). The quantitative estimate of drug-likeness (QED) is 0.564. The molecule has 0 spiro atoms. The van der Waals surface area contributed by atoms with E-state index in [0.717, 1.165) is 32.0 Å². The average molecular weight is 339 g/mol. The van der Waals surface area contributed by atoms with E-state index in [1.807, 2.05) is 6.92 Å². The minimum Gasteiger partial charge on any atom is -0.450 e. The lowest BCUT2D eigenvalue weighted by Crippen LogP contribution is -2.48. The zero-order valence-electron chi connectivity index (χ0n) is 15.2. The van der Waals surface area contributed by atoms with Gasteiger partial charge in [0, 0.05) is 31.7 Å². The van der Waals surface area contributed by atoms with Crippen LogP contribution in [0.15, 0.2) is 4.99 Å². The van der Waals surface area contributed by atoms with Crippen LogP contribution in [0.3, 0.4) is 0 Å². The molecule has 0 aromatic rings. The van der Waals surface area contributed by atoms with Gasteiger partial charge in [-0.25, -0.2) is 4.79 Å². The average Bonchev–Trinajstić information content (AvgIpc) is 3.10. The number of nitrogens with zero attached hydrogens (tertiary/aromatic N) is 3. The van der Waals surface area contributed by atoms with Gasteiger partial charge in [0.15, 0.2) is 5.96 Å². The lowest BCUT2D eigenvalue weighted by atomic mass is 10.1. The van der Waals surface area contributed by atoms with Gasteiger partial charge in [-0.1, -0.05) is 12.8 Å². The van der Waals surface area contributed by atoms with E-state index >= 15 is 0 Å². The Morgan fingerprint density at radius 1 is 1.29 bits per heavy atom. The third-order valence-electron chi connectivity index (χ3n) is 5.06. The number of guanidine groups is 1. The minimum atomic E-state index is -0.215. The van der Waals surface area contributed by atoms with Gasteiger partial charge in [-0.15, -0.1) is 0 Å². The summed E-state index contributed by atoms with van der Waals surface area (Å²) in [6.45, 7) is 5.34. The van der Waals surface area contributed by atoms with Crippen LogP contribution in [0.25, 0.3) is 0 Å². The highest BCUT2D eigenvalue weighted by molar-refractivity contribution is 5.78. The maximum Gasteiger partial charge on any atom is 0.409 e. The highest BCUT2D eigenvalue weighted by Gasteiger charge is 2.23. The zero-order valence-corrected chi connectivity index (χ0v) is 15.2. The van der Waals surface area contributed by atoms with Crippen molar-refractivity contribution in [3.8, 4) is 0 Å². The van der Waals surface area contributed by atoms with Gasteiger partial charge in [0.25, 0.3) is 0 Å². The first kappa shape index (κ1) is 18.8. The minimum absolute atomic E-state index is 0.215. The van der Waals surface area contributed by atoms with Crippen molar-refractivity contribution >= 4 is 12.1 Å². The number of hydrogen-bond donors (Lipinski definition) is 2. The molecule has 2 aliphatic rings. The van der Waals surface area contributed by atoms with Crippen LogP contribution in [0.2, 0.25) is 0 Å². The molecule has 0 unspecified atom stereocenters. The molecule has 0 aromatic heterocycles. The molecule has 0 atom stereocenters. The second-order valence-corrected chi connectivity index (χ2v) is 6.79. The third-order valence-corrected chi connectivity index (χ3v) is 5.06. The zero-order chi connectivity index (χ0) is 17.4. The summed E-state index contributed by atoms with van der Waals surface area (Å²) in [6.07, 6.45) is 6.86. The van der Waals surface area contributed by atoms with Crippen LogP contribution in [-0.2, 0) is 4.74 Å². The molecule has 2 fully saturated rings. The van der Waals surface area contributed by atoms with Crippen molar-refractivity contribution in [3.63, 3.8) is 0 Å². The largest absolute Gasteiger partial charge is 0.450 e. The Labute approximate surface area is 145 Å². The molecule has 24 heavy (non-hydrogen) atoms. The Balaban J connectivity index is 1.63. The smallest absolute Gasteiger partial charge is 0.409 e. The topological polar surface area (TPSA) is 83.2 Å². The van der Waals surface area contributed by atoms with Crippen molar-refractivity contribution in [1.82, 2.24) is 15.1 Å². The highest BCUT2D eigenvalue weighted by atomic mass is 16.6. The molecular weight excluding hydrogens is 306 g/mol. The predicted molar refractivity (Wildman–Crippen MR) is 96.1 cm³/mol. The van der Waals surface area contributed by atoms with Gasteiger partial charge in [-0.2, -0.15) is 0 Å². The van der Waals surface area contributed by atoms with Gasteiger partial charge in [0.1, 0.15) is 0 Å². The molecule has 7 nitrogen and oxygen atoms in total. The molecule has 0 aromatic carbocycles. The Kier molecular flexibility index (Phi) is 7.62. The molecule has 7 heteroatoms. The summed E-state index contributed by atoms with van der Waals surface area (Å²) < 4.78 is 5.03. The number of amides is 1. The first-order chi connectivity index (χ1) is 11.6. The number of carbonyl (C=O) groups is 1. The molecule has 2 rings (SSSR count). The summed E-state index contributed by atoms with van der Waals surface area (Å²) in [6, 6.07) is 1.01. The fourth-order valence-corrected chi connectivity index (χ4v) is 3.53. The summed E-state index contributed by atoms with van der Waals surface area (Å²) in [5.74, 6) is 0.518. The molecule has 0 radical (unpaired) electrons. The number of likely N-dealkylation sites (N-methyl/N-ethyl adjacent to an activating group) is 1. The summed E-state index contributed by atoms with van der Waals surface area (Å²) in [5.41, 5.74) is 6.00. The van der Waals surface area contributed by atoms with Gasteiger partial charge in [0.2, 0.25) is 0 Å². The Morgan fingerprint density at radius 2 is 1.96 bits per heavy atom. The molecule has 1 aliphatic heterocycles. The monoisotopic (exact) mass is 339 g/mol. The van der Waals surface area contributed by atoms with Crippen molar-refractivity contribution in [2.75, 3.05) is 39.8 Å². The van der Waals surface area contributed by atoms with E-state index in [4.69, 9.17) is 10.5 Å². The normalized spacial score (nSPS) is 20.6. The first-order valence-corrected chi connectivity index (χ1v) is 9.28. The van der Waals surface area contributed by atoms with Gasteiger partial charge >= 0.3 is 6.09 Å². The number of rotatable bonds is 6. The number of carbonyl (C=O) groups excluding carboxylic acids is 1. The van der Waals surface area contributed by atoms with Crippen LogP contribution < -0.4 is 11.1 Å². The summed E-state index contributed by atoms with van der Waals surface area (Å²) in [4.78, 5) is 20.3. The van der Waals surface area contributed by atoms with Crippen molar-refractivity contribution in [2.45, 2.75) is 57.5 Å². The predicted octanol–water partition coefficient (Wildman–Crippen LogP) is 1.39. The van der Waals surface area contributed by atoms with E-state index in [1.54, 1.807) is 4.90 Å². The molecule has 1 heterocycles. The van der Waals surface area contributed by atoms with Crippen molar-refractivity contribution < 1.29 is 9.53 Å². The fourth-order valence-electron chi connectivity index (χ4n) is 3.53. The maximum atomic E-state index is 11.7. The fraction of sp³-hybridized carbons (Fsp3) is 0.882. The van der Waals surface area contributed by atoms with Crippen LogP contribution in [0, 0.1) is 0 Å². The second kappa shape index (κ2) is 9.71. The van der Waals surface area contributed by atoms with Gasteiger partial charge < -0.3 is 25.6 Å². The molecule has 1 aliphatic carbocycles. The number of hydrogen-bond acceptors (Lipinski definition) is 4. The van der Waals surface area contributed by atoms with Crippen LogP contribution in [-0.4, -0.2) is 73.8 Å². The number of ether oxygens (including phenoxy) is 1. The van der Waals surface area contributed by atoms with Crippen LogP contribution in [0.4, 0.5) is 4.79 Å². The Morgan fingerprint density at radius 3 is 2.58 bits per heavy atom. The molecule has 1 amide bonds. The molecule has 3 N–H and O–H groups in total. The number of aliphatic imine (C=N–C) groups is 1. The van der Waals surface area contributed by atoms with Gasteiger partial charge in [-0.3, -0.25) is 4.99 Å². The van der Waals surface area contributed by atoms with E-state index < -0.39 is 0 Å².